The lowest BCUT2D eigenvalue weighted by atomic mass is 9.77. The van der Waals surface area contributed by atoms with Crippen molar-refractivity contribution in [2.45, 2.75) is 44.8 Å². The van der Waals surface area contributed by atoms with E-state index in [2.05, 4.69) is 35.3 Å². The van der Waals surface area contributed by atoms with Crippen LogP contribution in [0.1, 0.15) is 49.1 Å². The van der Waals surface area contributed by atoms with Gasteiger partial charge in [0.05, 0.1) is 22.4 Å². The summed E-state index contributed by atoms with van der Waals surface area (Å²) in [4.78, 5) is 8.31. The van der Waals surface area contributed by atoms with E-state index in [1.165, 1.54) is 7.05 Å². The third-order valence-electron chi connectivity index (χ3n) is 5.63. The summed E-state index contributed by atoms with van der Waals surface area (Å²) < 4.78 is 11.7. The van der Waals surface area contributed by atoms with E-state index in [0.717, 1.165) is 29.1 Å². The first kappa shape index (κ1) is 23.8. The van der Waals surface area contributed by atoms with Crippen molar-refractivity contribution in [1.82, 2.24) is 15.1 Å². The molecule has 1 aliphatic rings. The van der Waals surface area contributed by atoms with Gasteiger partial charge >= 0.3 is 0 Å². The minimum Gasteiger partial charge on any atom is -0.487 e. The number of hydrogen-bond acceptors (Lipinski definition) is 8. The van der Waals surface area contributed by atoms with Gasteiger partial charge in [0, 0.05) is 18.7 Å². The molecule has 0 saturated heterocycles. The van der Waals surface area contributed by atoms with E-state index in [9.17, 15) is 10.5 Å². The van der Waals surface area contributed by atoms with Crippen molar-refractivity contribution in [1.29, 1.82) is 5.26 Å². The lowest BCUT2D eigenvalue weighted by Crippen LogP contribution is -2.22. The number of halogens is 1. The summed E-state index contributed by atoms with van der Waals surface area (Å²) >= 11 is 6.51. The van der Waals surface area contributed by atoms with Gasteiger partial charge in [-0.05, 0) is 54.3 Å². The van der Waals surface area contributed by atoms with Crippen LogP contribution < -0.4 is 14.9 Å². The molecule has 1 aliphatic carbocycles. The molecule has 0 aliphatic heterocycles. The van der Waals surface area contributed by atoms with Gasteiger partial charge in [-0.3, -0.25) is 10.6 Å². The van der Waals surface area contributed by atoms with Gasteiger partial charge in [0.25, 0.3) is 0 Å². The molecule has 8 nitrogen and oxygen atoms in total. The number of ether oxygens (including phenoxy) is 2. The first-order chi connectivity index (χ1) is 16.3. The number of anilines is 1. The highest BCUT2D eigenvalue weighted by Crippen LogP contribution is 2.40. The fourth-order valence-corrected chi connectivity index (χ4v) is 3.74. The molecule has 9 heteroatoms. The van der Waals surface area contributed by atoms with E-state index < -0.39 is 5.41 Å². The van der Waals surface area contributed by atoms with Crippen molar-refractivity contribution in [3.63, 3.8) is 0 Å². The van der Waals surface area contributed by atoms with E-state index in [0.29, 0.717) is 27.8 Å². The average Bonchev–Trinajstić information content (AvgIpc) is 3.63. The van der Waals surface area contributed by atoms with Gasteiger partial charge in [-0.2, -0.15) is 5.26 Å². The van der Waals surface area contributed by atoms with Crippen LogP contribution in [0, 0.1) is 11.3 Å². The second-order valence-corrected chi connectivity index (χ2v) is 9.12. The van der Waals surface area contributed by atoms with Crippen molar-refractivity contribution in [2.24, 2.45) is 0 Å². The Kier molecular flexibility index (Phi) is 6.89. The first-order valence-electron chi connectivity index (χ1n) is 10.9. The van der Waals surface area contributed by atoms with Crippen LogP contribution in [-0.4, -0.2) is 33.5 Å². The largest absolute Gasteiger partial charge is 0.487 e. The molecule has 0 spiro atoms. The van der Waals surface area contributed by atoms with Crippen LogP contribution in [-0.2, 0) is 12.0 Å². The molecular formula is C25H26ClN5O3. The summed E-state index contributed by atoms with van der Waals surface area (Å²) in [7, 11) is 1.43. The van der Waals surface area contributed by atoms with E-state index in [-0.39, 0.29) is 18.7 Å². The molecule has 1 saturated carbocycles. The van der Waals surface area contributed by atoms with Gasteiger partial charge in [0.2, 0.25) is 5.95 Å². The topological polar surface area (TPSA) is 104 Å². The quantitative estimate of drug-likeness (QED) is 0.409. The Morgan fingerprint density at radius 2 is 1.94 bits per heavy atom. The van der Waals surface area contributed by atoms with Gasteiger partial charge < -0.3 is 9.47 Å². The smallest absolute Gasteiger partial charge is 0.239 e. The molecule has 2 aromatic carbocycles. The van der Waals surface area contributed by atoms with E-state index in [1.807, 2.05) is 36.4 Å². The minimum atomic E-state index is -0.393. The summed E-state index contributed by atoms with van der Waals surface area (Å²) in [5.41, 5.74) is 5.29. The number of nitriles is 1. The number of hydrogen-bond donors (Lipinski definition) is 2. The third kappa shape index (κ3) is 5.57. The second kappa shape index (κ2) is 9.85. The molecule has 1 aromatic heterocycles. The predicted molar refractivity (Wildman–Crippen MR) is 128 cm³/mol. The van der Waals surface area contributed by atoms with Crippen LogP contribution in [0.25, 0.3) is 0 Å². The second-order valence-electron chi connectivity index (χ2n) is 8.71. The number of rotatable bonds is 9. The molecule has 1 heterocycles. The zero-order valence-electron chi connectivity index (χ0n) is 19.2. The van der Waals surface area contributed by atoms with E-state index >= 15 is 0 Å². The third-order valence-corrected chi connectivity index (χ3v) is 5.91. The Hall–Kier alpha value is -3.38. The van der Waals surface area contributed by atoms with Crippen molar-refractivity contribution >= 4 is 17.5 Å². The molecule has 0 amide bonds. The number of aromatic nitrogens is 2. The van der Waals surface area contributed by atoms with Gasteiger partial charge in [-0.25, -0.2) is 9.97 Å². The van der Waals surface area contributed by atoms with Gasteiger partial charge in [-0.1, -0.05) is 37.6 Å². The Bertz CT molecular complexity index is 1200. The summed E-state index contributed by atoms with van der Waals surface area (Å²) in [5, 5.41) is 20.1. The maximum atomic E-state index is 9.65. The fraction of sp³-hybridized carbons (Fsp3) is 0.320. The van der Waals surface area contributed by atoms with Crippen molar-refractivity contribution in [3.05, 3.63) is 76.1 Å². The van der Waals surface area contributed by atoms with Gasteiger partial charge in [0.15, 0.2) is 5.75 Å². The van der Waals surface area contributed by atoms with Crippen LogP contribution in [0.3, 0.4) is 0 Å². The van der Waals surface area contributed by atoms with E-state index in [1.54, 1.807) is 12.3 Å². The van der Waals surface area contributed by atoms with Crippen LogP contribution in [0.15, 0.2) is 48.7 Å². The zero-order chi connectivity index (χ0) is 24.3. The molecule has 4 rings (SSSR count). The normalized spacial score (nSPS) is 13.4. The number of nitrogens with one attached hydrogen (secondary N) is 1. The molecule has 0 unspecified atom stereocenters. The van der Waals surface area contributed by atoms with Gasteiger partial charge in [-0.15, -0.1) is 5.17 Å². The van der Waals surface area contributed by atoms with Crippen LogP contribution >= 0.6 is 11.6 Å². The Labute approximate surface area is 203 Å². The van der Waals surface area contributed by atoms with E-state index in [4.69, 9.17) is 21.1 Å². The summed E-state index contributed by atoms with van der Waals surface area (Å²) in [6.07, 6.45) is 3.75. The first-order valence-corrected chi connectivity index (χ1v) is 11.3. The highest BCUT2D eigenvalue weighted by molar-refractivity contribution is 6.32. The van der Waals surface area contributed by atoms with Crippen molar-refractivity contribution in [3.8, 4) is 17.6 Å². The highest BCUT2D eigenvalue weighted by atomic mass is 35.5. The van der Waals surface area contributed by atoms with Gasteiger partial charge in [0.1, 0.15) is 18.4 Å². The van der Waals surface area contributed by atoms with Crippen LogP contribution in [0.4, 0.5) is 5.95 Å². The lowest BCUT2D eigenvalue weighted by Gasteiger charge is -2.27. The monoisotopic (exact) mass is 479 g/mol. The molecule has 3 aromatic rings. The maximum absolute atomic E-state index is 9.65. The fourth-order valence-electron chi connectivity index (χ4n) is 3.48. The number of hydrazine groups is 1. The maximum Gasteiger partial charge on any atom is 0.239 e. The lowest BCUT2D eigenvalue weighted by molar-refractivity contribution is -0.0394. The van der Waals surface area contributed by atoms with Crippen molar-refractivity contribution < 1.29 is 14.7 Å². The number of hydroxylamine groups is 1. The average molecular weight is 480 g/mol. The number of benzene rings is 2. The molecule has 2 N–H and O–H groups in total. The molecule has 34 heavy (non-hydrogen) atoms. The summed E-state index contributed by atoms with van der Waals surface area (Å²) in [5.74, 6) is 1.44. The van der Waals surface area contributed by atoms with Crippen LogP contribution in [0.5, 0.6) is 11.5 Å². The Morgan fingerprint density at radius 3 is 2.59 bits per heavy atom. The Balaban J connectivity index is 1.48. The molecule has 0 bridgehead atoms. The summed E-state index contributed by atoms with van der Waals surface area (Å²) in [6.45, 7) is 4.42. The minimum absolute atomic E-state index is 0.164. The summed E-state index contributed by atoms with van der Waals surface area (Å²) in [6, 6.07) is 15.5. The highest BCUT2D eigenvalue weighted by Gasteiger charge is 2.29. The molecule has 0 radical (unpaired) electrons. The van der Waals surface area contributed by atoms with Crippen LogP contribution in [0.2, 0.25) is 5.02 Å². The Morgan fingerprint density at radius 1 is 1.21 bits per heavy atom. The molecule has 0 atom stereocenters. The zero-order valence-corrected chi connectivity index (χ0v) is 20.0. The predicted octanol–water partition coefficient (Wildman–Crippen LogP) is 5.10. The molecular weight excluding hydrogens is 454 g/mol. The standard InChI is InChI=1S/C25H26ClN5O3/c1-25(2,18-12-16(14-27)23(22(26)13-18)34-21-8-9-21)17-4-6-20(7-5-17)33-15-19-10-11-28-24(29-19)30-31(3)32/h4-7,10-13,21,32H,8-9,15H2,1-3H3,(H,28,29,30). The molecule has 176 valence electrons. The molecule has 1 fully saturated rings. The number of nitrogens with zero attached hydrogens (tertiary/aromatic N) is 4. The SMILES string of the molecule is CN(O)Nc1nccc(COc2ccc(C(C)(C)c3cc(Cl)c(OC4CC4)c(C#N)c3)cc2)n1. The van der Waals surface area contributed by atoms with Crippen molar-refractivity contribution in [2.75, 3.05) is 12.5 Å².